The number of methoxy groups -OCH3 is 2. The van der Waals surface area contributed by atoms with Crippen LogP contribution in [0.1, 0.15) is 29.9 Å². The molecule has 1 atom stereocenters. The second-order valence-electron chi connectivity index (χ2n) is 8.73. The number of hydrogen-bond donors (Lipinski definition) is 1. The van der Waals surface area contributed by atoms with Gasteiger partial charge in [0.1, 0.15) is 11.5 Å². The topological polar surface area (TPSA) is 109 Å². The number of hydrogen-bond acceptors (Lipinski definition) is 8. The number of nitrogens with two attached hydrogens (primary N) is 1. The molecule has 0 bridgehead atoms. The maximum Gasteiger partial charge on any atom is 0.416 e. The van der Waals surface area contributed by atoms with E-state index < -0.39 is 35.3 Å². The van der Waals surface area contributed by atoms with Gasteiger partial charge in [0.2, 0.25) is 0 Å². The summed E-state index contributed by atoms with van der Waals surface area (Å²) in [6.45, 7) is 1.13. The Hall–Kier alpha value is -4.46. The molecule has 1 fully saturated rings. The van der Waals surface area contributed by atoms with Crippen molar-refractivity contribution in [3.8, 4) is 6.07 Å². The molecule has 1 unspecified atom stereocenters. The van der Waals surface area contributed by atoms with Crippen molar-refractivity contribution in [1.29, 1.82) is 5.26 Å². The predicted octanol–water partition coefficient (Wildman–Crippen LogP) is 4.20. The molecule has 0 spiro atoms. The van der Waals surface area contributed by atoms with E-state index in [4.69, 9.17) is 15.2 Å². The maximum atomic E-state index is 13.8. The molecule has 0 aliphatic carbocycles. The first kappa shape index (κ1) is 26.6. The van der Waals surface area contributed by atoms with E-state index in [0.717, 1.165) is 44.1 Å². The number of halogens is 3. The molecule has 2 N–H and O–H groups in total. The average molecular weight is 527 g/mol. The molecule has 2 heterocycles. The minimum Gasteiger partial charge on any atom is -0.466 e. The molecule has 198 valence electrons. The van der Waals surface area contributed by atoms with Crippen LogP contribution in [0.25, 0.3) is 0 Å². The lowest BCUT2D eigenvalue weighted by molar-refractivity contribution is -0.139. The molecule has 0 amide bonds. The number of nitriles is 1. The highest BCUT2D eigenvalue weighted by atomic mass is 19.4. The highest BCUT2D eigenvalue weighted by Crippen LogP contribution is 2.47. The molecule has 2 aliphatic rings. The summed E-state index contributed by atoms with van der Waals surface area (Å²) in [4.78, 5) is 29.4. The van der Waals surface area contributed by atoms with E-state index in [1.807, 2.05) is 11.0 Å². The Kier molecular flexibility index (Phi) is 7.35. The van der Waals surface area contributed by atoms with Gasteiger partial charge in [0.25, 0.3) is 0 Å². The number of allylic oxidation sites excluding steroid dienone is 1. The summed E-state index contributed by atoms with van der Waals surface area (Å²) in [6.07, 6.45) is -3.08. The average Bonchev–Trinajstić information content (AvgIpc) is 3.46. The normalized spacial score (nSPS) is 17.9. The summed E-state index contributed by atoms with van der Waals surface area (Å²) in [5.41, 5.74) is 5.38. The fourth-order valence-corrected chi connectivity index (χ4v) is 4.87. The van der Waals surface area contributed by atoms with E-state index in [9.17, 15) is 28.0 Å². The molecule has 2 aliphatic heterocycles. The van der Waals surface area contributed by atoms with Crippen molar-refractivity contribution in [3.05, 3.63) is 82.3 Å². The van der Waals surface area contributed by atoms with Gasteiger partial charge >= 0.3 is 18.1 Å². The van der Waals surface area contributed by atoms with Crippen LogP contribution in [0.3, 0.4) is 0 Å². The quantitative estimate of drug-likeness (QED) is 0.578. The molecule has 8 nitrogen and oxygen atoms in total. The zero-order valence-corrected chi connectivity index (χ0v) is 20.7. The molecule has 0 aromatic heterocycles. The van der Waals surface area contributed by atoms with Gasteiger partial charge in [0.15, 0.2) is 0 Å². The lowest BCUT2D eigenvalue weighted by Crippen LogP contribution is -2.41. The number of benzene rings is 2. The van der Waals surface area contributed by atoms with Crippen LogP contribution >= 0.6 is 0 Å². The van der Waals surface area contributed by atoms with Crippen LogP contribution in [-0.4, -0.2) is 39.2 Å². The standard InChI is InChI=1S/C27H25F3N4O4/c1-37-25(35)22-21(16-8-4-3-5-9-16)18(15-31)24(32)34(23(22)26(36)38-2)20-14-17(27(28,29)30)10-11-19(20)33-12-6-7-13-33/h3-5,8-11,14,21H,6-7,12-13,32H2,1-2H3. The number of ether oxygens (including phenoxy) is 2. The van der Waals surface area contributed by atoms with Gasteiger partial charge in [-0.25, -0.2) is 9.59 Å². The van der Waals surface area contributed by atoms with Gasteiger partial charge in [0.05, 0.1) is 54.3 Å². The van der Waals surface area contributed by atoms with Crippen molar-refractivity contribution in [2.45, 2.75) is 24.9 Å². The molecule has 2 aromatic carbocycles. The van der Waals surface area contributed by atoms with Crippen molar-refractivity contribution in [2.24, 2.45) is 5.73 Å². The molecular weight excluding hydrogens is 501 g/mol. The Morgan fingerprint density at radius 3 is 2.18 bits per heavy atom. The predicted molar refractivity (Wildman–Crippen MR) is 132 cm³/mol. The number of carbonyl (C=O) groups excluding carboxylic acids is 2. The molecular formula is C27H25F3N4O4. The number of alkyl halides is 3. The molecule has 0 saturated carbocycles. The van der Waals surface area contributed by atoms with Gasteiger partial charge in [-0.1, -0.05) is 30.3 Å². The van der Waals surface area contributed by atoms with Crippen LogP contribution in [0.15, 0.2) is 71.2 Å². The molecule has 4 rings (SSSR count). The van der Waals surface area contributed by atoms with E-state index in [1.165, 1.54) is 6.07 Å². The van der Waals surface area contributed by atoms with Crippen LogP contribution < -0.4 is 15.5 Å². The van der Waals surface area contributed by atoms with Crippen molar-refractivity contribution >= 4 is 23.3 Å². The summed E-state index contributed by atoms with van der Waals surface area (Å²) in [6, 6.07) is 13.5. The third-order valence-electron chi connectivity index (χ3n) is 6.60. The minimum atomic E-state index is -4.71. The summed E-state index contributed by atoms with van der Waals surface area (Å²) in [5, 5.41) is 10.2. The largest absolute Gasteiger partial charge is 0.466 e. The van der Waals surface area contributed by atoms with Gasteiger partial charge in [-0.2, -0.15) is 18.4 Å². The first-order chi connectivity index (χ1) is 18.1. The van der Waals surface area contributed by atoms with E-state index in [0.29, 0.717) is 24.3 Å². The fourth-order valence-electron chi connectivity index (χ4n) is 4.87. The van der Waals surface area contributed by atoms with Gasteiger partial charge < -0.3 is 20.1 Å². The van der Waals surface area contributed by atoms with E-state index in [2.05, 4.69) is 0 Å². The summed E-state index contributed by atoms with van der Waals surface area (Å²) < 4.78 is 51.5. The highest BCUT2D eigenvalue weighted by Gasteiger charge is 2.44. The Bertz CT molecular complexity index is 1360. The van der Waals surface area contributed by atoms with Crippen LogP contribution in [0.5, 0.6) is 0 Å². The summed E-state index contributed by atoms with van der Waals surface area (Å²) in [7, 11) is 2.18. The number of anilines is 2. The summed E-state index contributed by atoms with van der Waals surface area (Å²) >= 11 is 0. The third-order valence-corrected chi connectivity index (χ3v) is 6.60. The third kappa shape index (κ3) is 4.65. The fraction of sp³-hybridized carbons (Fsp3) is 0.296. The Morgan fingerprint density at radius 1 is 1.00 bits per heavy atom. The van der Waals surface area contributed by atoms with Crippen molar-refractivity contribution in [2.75, 3.05) is 37.1 Å². The van der Waals surface area contributed by atoms with Gasteiger partial charge in [-0.3, -0.25) is 4.90 Å². The van der Waals surface area contributed by atoms with Crippen LogP contribution in [0.2, 0.25) is 0 Å². The molecule has 11 heteroatoms. The second kappa shape index (κ2) is 10.5. The first-order valence-corrected chi connectivity index (χ1v) is 11.8. The van der Waals surface area contributed by atoms with Crippen molar-refractivity contribution in [3.63, 3.8) is 0 Å². The van der Waals surface area contributed by atoms with Gasteiger partial charge in [-0.05, 0) is 36.6 Å². The highest BCUT2D eigenvalue weighted by molar-refractivity contribution is 6.07. The zero-order valence-electron chi connectivity index (χ0n) is 20.7. The maximum absolute atomic E-state index is 13.8. The molecule has 38 heavy (non-hydrogen) atoms. The SMILES string of the molecule is COC(=O)C1=C(C(=O)OC)N(c2cc(C(F)(F)F)ccc2N2CCCC2)C(N)=C(C#N)C1c1ccccc1. The smallest absolute Gasteiger partial charge is 0.416 e. The lowest BCUT2D eigenvalue weighted by Gasteiger charge is -2.38. The Labute approximate surface area is 217 Å². The van der Waals surface area contributed by atoms with Crippen molar-refractivity contribution in [1.82, 2.24) is 0 Å². The summed E-state index contributed by atoms with van der Waals surface area (Å²) in [5.74, 6) is -3.41. The van der Waals surface area contributed by atoms with Crippen LogP contribution in [0, 0.1) is 11.3 Å². The van der Waals surface area contributed by atoms with E-state index in [-0.39, 0.29) is 22.7 Å². The van der Waals surface area contributed by atoms with Crippen LogP contribution in [0.4, 0.5) is 24.5 Å². The molecule has 1 saturated heterocycles. The zero-order chi connectivity index (χ0) is 27.6. The molecule has 2 aromatic rings. The van der Waals surface area contributed by atoms with E-state index in [1.54, 1.807) is 30.3 Å². The number of rotatable bonds is 5. The first-order valence-electron chi connectivity index (χ1n) is 11.8. The Balaban J connectivity index is 2.10. The number of carbonyl (C=O) groups is 2. The lowest BCUT2D eigenvalue weighted by atomic mass is 9.81. The number of nitrogens with zero attached hydrogens (tertiary/aromatic N) is 3. The van der Waals surface area contributed by atoms with E-state index >= 15 is 0 Å². The minimum absolute atomic E-state index is 0.111. The Morgan fingerprint density at radius 2 is 1.63 bits per heavy atom. The molecule has 0 radical (unpaired) electrons. The van der Waals surface area contributed by atoms with Gasteiger partial charge in [0, 0.05) is 13.1 Å². The van der Waals surface area contributed by atoms with Crippen LogP contribution in [-0.2, 0) is 25.2 Å². The number of esters is 2. The van der Waals surface area contributed by atoms with Crippen molar-refractivity contribution < 1.29 is 32.2 Å². The van der Waals surface area contributed by atoms with Gasteiger partial charge in [-0.15, -0.1) is 0 Å². The second-order valence-corrected chi connectivity index (χ2v) is 8.73. The monoisotopic (exact) mass is 526 g/mol.